The van der Waals surface area contributed by atoms with Gasteiger partial charge in [0.25, 0.3) is 0 Å². The number of aryl methyl sites for hydroxylation is 1. The first-order chi connectivity index (χ1) is 8.97. The number of para-hydroxylation sites is 1. The summed E-state index contributed by atoms with van der Waals surface area (Å²) in [4.78, 5) is 2.59. The normalized spacial score (nSPS) is 19.4. The number of nitrogens with one attached hydrogen (secondary N) is 1. The minimum Gasteiger partial charge on any atom is -0.369 e. The minimum atomic E-state index is 0.228. The topological polar surface area (TPSA) is 15.3 Å². The molecule has 2 nitrogen and oxygen atoms in total. The van der Waals surface area contributed by atoms with Crippen molar-refractivity contribution in [2.24, 2.45) is 0 Å². The molecule has 0 saturated carbocycles. The predicted molar refractivity (Wildman–Crippen MR) is 83.9 cm³/mol. The molecule has 0 spiro atoms. The Morgan fingerprint density at radius 3 is 2.74 bits per heavy atom. The molecule has 1 heterocycles. The highest BCUT2D eigenvalue weighted by atomic mass is 15.2. The molecule has 0 aromatic heterocycles. The number of nitrogens with zero attached hydrogens (tertiary/aromatic N) is 1. The number of rotatable bonds is 4. The van der Waals surface area contributed by atoms with Gasteiger partial charge in [0.15, 0.2) is 0 Å². The molecule has 1 N–H and O–H groups in total. The van der Waals surface area contributed by atoms with E-state index in [2.05, 4.69) is 62.2 Å². The quantitative estimate of drug-likeness (QED) is 0.832. The highest BCUT2D eigenvalue weighted by Crippen LogP contribution is 2.30. The molecule has 0 bridgehead atoms. The van der Waals surface area contributed by atoms with Gasteiger partial charge in [-0.1, -0.05) is 18.2 Å². The third-order valence-electron chi connectivity index (χ3n) is 3.90. The molecule has 0 fully saturated rings. The molecule has 106 valence electrons. The molecule has 1 aromatic carbocycles. The van der Waals surface area contributed by atoms with Crippen molar-refractivity contribution in [3.8, 4) is 0 Å². The molecule has 0 radical (unpaired) electrons. The minimum absolute atomic E-state index is 0.228. The van der Waals surface area contributed by atoms with E-state index in [-0.39, 0.29) is 5.54 Å². The summed E-state index contributed by atoms with van der Waals surface area (Å²) in [7, 11) is 0. The average molecular weight is 260 g/mol. The van der Waals surface area contributed by atoms with Crippen LogP contribution in [0.4, 0.5) is 5.69 Å². The molecule has 1 aliphatic rings. The predicted octanol–water partition coefficient (Wildman–Crippen LogP) is 3.61. The van der Waals surface area contributed by atoms with E-state index < -0.39 is 0 Å². The Balaban J connectivity index is 1.92. The second kappa shape index (κ2) is 5.96. The molecule has 2 rings (SSSR count). The Kier molecular flexibility index (Phi) is 4.51. The molecule has 1 atom stereocenters. The molecular weight excluding hydrogens is 232 g/mol. The van der Waals surface area contributed by atoms with Gasteiger partial charge in [0, 0.05) is 23.8 Å². The lowest BCUT2D eigenvalue weighted by Gasteiger charge is -2.37. The van der Waals surface area contributed by atoms with Gasteiger partial charge in [0.05, 0.1) is 0 Å². The lowest BCUT2D eigenvalue weighted by Crippen LogP contribution is -2.41. The molecule has 0 saturated heterocycles. The van der Waals surface area contributed by atoms with Crippen LogP contribution in [0.5, 0.6) is 0 Å². The highest BCUT2D eigenvalue weighted by Gasteiger charge is 2.22. The summed E-state index contributed by atoms with van der Waals surface area (Å²) in [5.41, 5.74) is 3.20. The van der Waals surface area contributed by atoms with Crippen LogP contribution >= 0.6 is 0 Å². The van der Waals surface area contributed by atoms with Gasteiger partial charge in [0.2, 0.25) is 0 Å². The third kappa shape index (κ3) is 3.97. The number of anilines is 1. The van der Waals surface area contributed by atoms with E-state index in [4.69, 9.17) is 0 Å². The van der Waals surface area contributed by atoms with Gasteiger partial charge >= 0.3 is 0 Å². The summed E-state index contributed by atoms with van der Waals surface area (Å²) in [5, 5.41) is 3.57. The van der Waals surface area contributed by atoms with Crippen molar-refractivity contribution >= 4 is 5.69 Å². The van der Waals surface area contributed by atoms with Crippen LogP contribution < -0.4 is 10.2 Å². The second-order valence-corrected chi connectivity index (χ2v) is 6.74. The maximum absolute atomic E-state index is 3.57. The van der Waals surface area contributed by atoms with Crippen LogP contribution in [0.25, 0.3) is 0 Å². The van der Waals surface area contributed by atoms with Crippen LogP contribution in [0, 0.1) is 0 Å². The van der Waals surface area contributed by atoms with Gasteiger partial charge < -0.3 is 10.2 Å². The van der Waals surface area contributed by atoms with E-state index in [1.807, 2.05) is 0 Å². The molecular formula is C17H28N2. The van der Waals surface area contributed by atoms with Crippen LogP contribution in [0.3, 0.4) is 0 Å². The summed E-state index contributed by atoms with van der Waals surface area (Å²) in [6, 6.07) is 9.56. The summed E-state index contributed by atoms with van der Waals surface area (Å²) in [6.45, 7) is 11.3. The van der Waals surface area contributed by atoms with Gasteiger partial charge in [-0.3, -0.25) is 0 Å². The Morgan fingerprint density at radius 2 is 2.00 bits per heavy atom. The Hall–Kier alpha value is -1.02. The van der Waals surface area contributed by atoms with Crippen molar-refractivity contribution in [2.45, 2.75) is 58.5 Å². The maximum Gasteiger partial charge on any atom is 0.0401 e. The van der Waals surface area contributed by atoms with Crippen molar-refractivity contribution in [3.05, 3.63) is 29.8 Å². The van der Waals surface area contributed by atoms with Gasteiger partial charge in [0.1, 0.15) is 0 Å². The van der Waals surface area contributed by atoms with Crippen molar-refractivity contribution < 1.29 is 0 Å². The lowest BCUT2D eigenvalue weighted by atomic mass is 9.96. The zero-order chi connectivity index (χ0) is 13.9. The fourth-order valence-corrected chi connectivity index (χ4v) is 2.81. The van der Waals surface area contributed by atoms with Crippen LogP contribution in [0.1, 0.15) is 46.1 Å². The Bertz CT molecular complexity index is 406. The van der Waals surface area contributed by atoms with Gasteiger partial charge in [-0.2, -0.15) is 0 Å². The smallest absolute Gasteiger partial charge is 0.0401 e. The number of fused-ring (bicyclic) bond motifs is 1. The fraction of sp³-hybridized carbons (Fsp3) is 0.647. The van der Waals surface area contributed by atoms with Crippen molar-refractivity contribution in [3.63, 3.8) is 0 Å². The van der Waals surface area contributed by atoms with Crippen molar-refractivity contribution in [1.82, 2.24) is 5.32 Å². The molecule has 2 heteroatoms. The summed E-state index contributed by atoms with van der Waals surface area (Å²) in [6.07, 6.45) is 3.72. The SMILES string of the molecule is CC1CCc2ccccc2N1CCCNC(C)(C)C. The Morgan fingerprint density at radius 1 is 1.26 bits per heavy atom. The van der Waals surface area contributed by atoms with Crippen LogP contribution in [0.2, 0.25) is 0 Å². The van der Waals surface area contributed by atoms with E-state index in [0.29, 0.717) is 6.04 Å². The van der Waals surface area contributed by atoms with Crippen molar-refractivity contribution in [1.29, 1.82) is 0 Å². The molecule has 1 aromatic rings. The van der Waals surface area contributed by atoms with Gasteiger partial charge in [-0.25, -0.2) is 0 Å². The molecule has 19 heavy (non-hydrogen) atoms. The van der Waals surface area contributed by atoms with Crippen molar-refractivity contribution in [2.75, 3.05) is 18.0 Å². The largest absolute Gasteiger partial charge is 0.369 e. The average Bonchev–Trinajstić information content (AvgIpc) is 2.35. The first kappa shape index (κ1) is 14.4. The van der Waals surface area contributed by atoms with E-state index in [1.165, 1.54) is 30.5 Å². The number of benzene rings is 1. The van der Waals surface area contributed by atoms with Crippen LogP contribution in [-0.2, 0) is 6.42 Å². The van der Waals surface area contributed by atoms with E-state index in [1.54, 1.807) is 0 Å². The lowest BCUT2D eigenvalue weighted by molar-refractivity contribution is 0.418. The summed E-state index contributed by atoms with van der Waals surface area (Å²) >= 11 is 0. The van der Waals surface area contributed by atoms with Gasteiger partial charge in [-0.15, -0.1) is 0 Å². The second-order valence-electron chi connectivity index (χ2n) is 6.74. The van der Waals surface area contributed by atoms with Crippen LogP contribution in [0.15, 0.2) is 24.3 Å². The van der Waals surface area contributed by atoms with E-state index in [9.17, 15) is 0 Å². The Labute approximate surface area is 118 Å². The number of hydrogen-bond donors (Lipinski definition) is 1. The molecule has 1 unspecified atom stereocenters. The molecule has 0 amide bonds. The molecule has 1 aliphatic heterocycles. The fourth-order valence-electron chi connectivity index (χ4n) is 2.81. The van der Waals surface area contributed by atoms with Crippen LogP contribution in [-0.4, -0.2) is 24.7 Å². The summed E-state index contributed by atoms with van der Waals surface area (Å²) < 4.78 is 0. The first-order valence-corrected chi connectivity index (χ1v) is 7.57. The third-order valence-corrected chi connectivity index (χ3v) is 3.90. The zero-order valence-electron chi connectivity index (χ0n) is 12.9. The van der Waals surface area contributed by atoms with E-state index in [0.717, 1.165) is 13.1 Å². The molecule has 0 aliphatic carbocycles. The van der Waals surface area contributed by atoms with Gasteiger partial charge in [-0.05, 0) is 65.1 Å². The first-order valence-electron chi connectivity index (χ1n) is 7.57. The highest BCUT2D eigenvalue weighted by molar-refractivity contribution is 5.56. The summed E-state index contributed by atoms with van der Waals surface area (Å²) in [5.74, 6) is 0. The monoisotopic (exact) mass is 260 g/mol. The van der Waals surface area contributed by atoms with E-state index >= 15 is 0 Å². The maximum atomic E-state index is 3.57. The number of hydrogen-bond acceptors (Lipinski definition) is 2. The zero-order valence-corrected chi connectivity index (χ0v) is 12.9. The standard InChI is InChI=1S/C17H28N2/c1-14-10-11-15-8-5-6-9-16(15)19(14)13-7-12-18-17(2,3)4/h5-6,8-9,14,18H,7,10-13H2,1-4H3.